The minimum absolute atomic E-state index is 0.202. The second-order valence-corrected chi connectivity index (χ2v) is 7.74. The lowest BCUT2D eigenvalue weighted by molar-refractivity contribution is -0.139. The summed E-state index contributed by atoms with van der Waals surface area (Å²) in [5.41, 5.74) is 2.64. The first kappa shape index (κ1) is 22.5. The van der Waals surface area contributed by atoms with Crippen LogP contribution in [0.5, 0.6) is 0 Å². The van der Waals surface area contributed by atoms with Crippen LogP contribution in [-0.2, 0) is 20.9 Å². The zero-order valence-electron chi connectivity index (χ0n) is 17.4. The van der Waals surface area contributed by atoms with E-state index in [2.05, 4.69) is 10.6 Å². The fraction of sp³-hybridized carbons (Fsp3) is 0.292. The van der Waals surface area contributed by atoms with Crippen LogP contribution in [0.2, 0.25) is 0 Å². The average Bonchev–Trinajstić information content (AvgIpc) is 3.60. The van der Waals surface area contributed by atoms with Gasteiger partial charge in [0.05, 0.1) is 6.04 Å². The first-order chi connectivity index (χ1) is 15.0. The van der Waals surface area contributed by atoms with Crippen LogP contribution in [0.4, 0.5) is 10.5 Å². The number of ether oxygens (including phenoxy) is 2. The fourth-order valence-corrected chi connectivity index (χ4v) is 3.39. The Kier molecular flexibility index (Phi) is 8.18. The van der Waals surface area contributed by atoms with Gasteiger partial charge < -0.3 is 20.1 Å². The number of alkyl carbamates (subject to hydrolysis) is 1. The zero-order chi connectivity index (χ0) is 22.1. The third-order valence-electron chi connectivity index (χ3n) is 4.76. The Bertz CT molecular complexity index is 942. The molecular weight excluding hydrogens is 412 g/mol. The van der Waals surface area contributed by atoms with Gasteiger partial charge in [0.15, 0.2) is 0 Å². The van der Waals surface area contributed by atoms with E-state index in [-0.39, 0.29) is 25.2 Å². The molecule has 3 rings (SSSR count). The summed E-state index contributed by atoms with van der Waals surface area (Å²) in [5, 5.41) is 6.18. The Labute approximate surface area is 187 Å². The minimum atomic E-state index is -0.487. The highest BCUT2D eigenvalue weighted by atomic mass is 32.1. The molecule has 1 atom stereocenters. The molecule has 6 nitrogen and oxygen atoms in total. The van der Waals surface area contributed by atoms with Crippen molar-refractivity contribution in [1.29, 1.82) is 0 Å². The molecule has 0 aliphatic heterocycles. The van der Waals surface area contributed by atoms with E-state index in [0.717, 1.165) is 29.7 Å². The van der Waals surface area contributed by atoms with E-state index in [0.29, 0.717) is 10.9 Å². The molecule has 1 saturated carbocycles. The molecule has 0 unspecified atom stereocenters. The topological polar surface area (TPSA) is 76.7 Å². The molecule has 0 heterocycles. The molecule has 162 valence electrons. The molecule has 2 aromatic carbocycles. The lowest BCUT2D eigenvalue weighted by atomic mass is 10.1. The maximum absolute atomic E-state index is 12.3. The molecule has 0 radical (unpaired) electrons. The van der Waals surface area contributed by atoms with Crippen LogP contribution in [-0.4, -0.2) is 29.7 Å². The van der Waals surface area contributed by atoms with E-state index in [1.807, 2.05) is 60.7 Å². The number of carbonyl (C=O) groups excluding carboxylic acids is 2. The van der Waals surface area contributed by atoms with Gasteiger partial charge in [0.1, 0.15) is 18.2 Å². The lowest BCUT2D eigenvalue weighted by Crippen LogP contribution is -2.44. The number of nitrogens with one attached hydrogen (secondary N) is 2. The normalized spacial score (nSPS) is 14.0. The van der Waals surface area contributed by atoms with Gasteiger partial charge in [0.25, 0.3) is 0 Å². The van der Waals surface area contributed by atoms with Crippen molar-refractivity contribution in [2.45, 2.75) is 32.4 Å². The van der Waals surface area contributed by atoms with Crippen molar-refractivity contribution < 1.29 is 19.1 Å². The summed E-state index contributed by atoms with van der Waals surface area (Å²) in [6.07, 6.45) is 5.16. The van der Waals surface area contributed by atoms with Crippen LogP contribution < -0.4 is 10.6 Å². The van der Waals surface area contributed by atoms with E-state index in [1.165, 1.54) is 6.92 Å². The summed E-state index contributed by atoms with van der Waals surface area (Å²) in [6.45, 7) is 1.78. The third-order valence-corrected chi connectivity index (χ3v) is 5.12. The summed E-state index contributed by atoms with van der Waals surface area (Å²) in [4.78, 5) is 23.8. The number of esters is 1. The van der Waals surface area contributed by atoms with E-state index in [4.69, 9.17) is 21.7 Å². The van der Waals surface area contributed by atoms with Crippen molar-refractivity contribution >= 4 is 41.0 Å². The SMILES string of the molecule is CC(=O)OC/C=C\c1ccccc1NC(=S)[C@@H](NC(=O)OCc1ccccc1)C1CC1. The number of thiocarbonyl (C=S) groups is 1. The van der Waals surface area contributed by atoms with Crippen molar-refractivity contribution in [3.63, 3.8) is 0 Å². The van der Waals surface area contributed by atoms with Crippen molar-refractivity contribution in [3.05, 3.63) is 71.8 Å². The predicted molar refractivity (Wildman–Crippen MR) is 125 cm³/mol. The van der Waals surface area contributed by atoms with E-state index >= 15 is 0 Å². The van der Waals surface area contributed by atoms with Gasteiger partial charge in [-0.1, -0.05) is 66.8 Å². The molecule has 2 N–H and O–H groups in total. The Morgan fingerprint density at radius 2 is 1.81 bits per heavy atom. The number of para-hydroxylation sites is 1. The molecule has 0 spiro atoms. The van der Waals surface area contributed by atoms with Crippen molar-refractivity contribution in [2.24, 2.45) is 5.92 Å². The summed E-state index contributed by atoms with van der Waals surface area (Å²) in [7, 11) is 0. The second kappa shape index (κ2) is 11.3. The Balaban J connectivity index is 1.58. The fourth-order valence-electron chi connectivity index (χ4n) is 3.03. The number of anilines is 1. The van der Waals surface area contributed by atoms with E-state index < -0.39 is 6.09 Å². The van der Waals surface area contributed by atoms with Crippen LogP contribution in [0, 0.1) is 5.92 Å². The molecule has 31 heavy (non-hydrogen) atoms. The first-order valence-electron chi connectivity index (χ1n) is 10.2. The largest absolute Gasteiger partial charge is 0.462 e. The van der Waals surface area contributed by atoms with Crippen LogP contribution in [0.25, 0.3) is 6.08 Å². The quantitative estimate of drug-likeness (QED) is 0.436. The van der Waals surface area contributed by atoms with Crippen molar-refractivity contribution in [3.8, 4) is 0 Å². The van der Waals surface area contributed by atoms with E-state index in [9.17, 15) is 9.59 Å². The second-order valence-electron chi connectivity index (χ2n) is 7.30. The van der Waals surface area contributed by atoms with Crippen LogP contribution in [0.3, 0.4) is 0 Å². The number of rotatable bonds is 9. The summed E-state index contributed by atoms with van der Waals surface area (Å²) < 4.78 is 10.3. The summed E-state index contributed by atoms with van der Waals surface area (Å²) >= 11 is 5.62. The highest BCUT2D eigenvalue weighted by molar-refractivity contribution is 7.80. The molecule has 0 bridgehead atoms. The molecule has 7 heteroatoms. The van der Waals surface area contributed by atoms with Crippen molar-refractivity contribution in [2.75, 3.05) is 11.9 Å². The highest BCUT2D eigenvalue weighted by Gasteiger charge is 2.35. The first-order valence-corrected chi connectivity index (χ1v) is 10.6. The van der Waals surface area contributed by atoms with Gasteiger partial charge in [-0.2, -0.15) is 0 Å². The number of benzene rings is 2. The molecule has 2 aromatic rings. The maximum atomic E-state index is 12.3. The van der Waals surface area contributed by atoms with Crippen molar-refractivity contribution in [1.82, 2.24) is 5.32 Å². The number of carbonyl (C=O) groups is 2. The average molecular weight is 439 g/mol. The Morgan fingerprint density at radius 1 is 1.10 bits per heavy atom. The number of hydrogen-bond acceptors (Lipinski definition) is 5. The van der Waals surface area contributed by atoms with Crippen LogP contribution in [0.15, 0.2) is 60.7 Å². The van der Waals surface area contributed by atoms with Gasteiger partial charge in [-0.05, 0) is 42.0 Å². The molecule has 1 aliphatic carbocycles. The highest BCUT2D eigenvalue weighted by Crippen LogP contribution is 2.34. The predicted octanol–water partition coefficient (Wildman–Crippen LogP) is 4.71. The van der Waals surface area contributed by atoms with Crippen LogP contribution >= 0.6 is 12.2 Å². The van der Waals surface area contributed by atoms with Gasteiger partial charge in [0, 0.05) is 12.6 Å². The number of hydrogen-bond donors (Lipinski definition) is 2. The van der Waals surface area contributed by atoms with Gasteiger partial charge in [0.2, 0.25) is 0 Å². The smallest absolute Gasteiger partial charge is 0.408 e. The van der Waals surface area contributed by atoms with Gasteiger partial charge in [-0.25, -0.2) is 4.79 Å². The summed E-state index contributed by atoms with van der Waals surface area (Å²) in [6, 6.07) is 16.9. The maximum Gasteiger partial charge on any atom is 0.408 e. The molecule has 0 saturated heterocycles. The molecule has 1 fully saturated rings. The zero-order valence-corrected chi connectivity index (χ0v) is 18.2. The molecule has 1 aliphatic rings. The molecule has 0 aromatic heterocycles. The van der Waals surface area contributed by atoms with E-state index in [1.54, 1.807) is 6.08 Å². The minimum Gasteiger partial charge on any atom is -0.462 e. The van der Waals surface area contributed by atoms with Gasteiger partial charge in [-0.3, -0.25) is 4.79 Å². The Hall–Kier alpha value is -3.19. The number of amides is 1. The van der Waals surface area contributed by atoms with Gasteiger partial charge >= 0.3 is 12.1 Å². The standard InChI is InChI=1S/C24H26N2O4S/c1-17(27)29-15-7-11-19-10-5-6-12-21(19)25-23(31)22(20-13-14-20)26-24(28)30-16-18-8-3-2-4-9-18/h2-12,20,22H,13-16H2,1H3,(H,25,31)(H,26,28)/b11-7-/t22-/m0/s1. The Morgan fingerprint density at radius 3 is 2.52 bits per heavy atom. The molecule has 1 amide bonds. The van der Waals surface area contributed by atoms with Crippen LogP contribution in [0.1, 0.15) is 30.9 Å². The van der Waals surface area contributed by atoms with Gasteiger partial charge in [-0.15, -0.1) is 0 Å². The molecular formula is C24H26N2O4S. The summed E-state index contributed by atoms with van der Waals surface area (Å²) in [5.74, 6) is -0.0225. The monoisotopic (exact) mass is 438 g/mol. The lowest BCUT2D eigenvalue weighted by Gasteiger charge is -2.21. The third kappa shape index (κ3) is 7.53.